The molecule has 0 amide bonds. The van der Waals surface area contributed by atoms with Crippen LogP contribution in [0, 0.1) is 6.92 Å². The summed E-state index contributed by atoms with van der Waals surface area (Å²) >= 11 is 0. The fraction of sp³-hybridized carbons (Fsp3) is 0.529. The van der Waals surface area contributed by atoms with Crippen LogP contribution in [0.5, 0.6) is 5.75 Å². The third-order valence-corrected chi connectivity index (χ3v) is 3.39. The molecule has 0 bridgehead atoms. The molecule has 0 aliphatic heterocycles. The first-order valence-electron chi connectivity index (χ1n) is 8.12. The Balaban J connectivity index is 2.25. The summed E-state index contributed by atoms with van der Waals surface area (Å²) in [4.78, 5) is 20.9. The Morgan fingerprint density at radius 1 is 1.21 bits per heavy atom. The number of ether oxygens (including phenoxy) is 2. The maximum atomic E-state index is 12.1. The van der Waals surface area contributed by atoms with Gasteiger partial charge in [0.2, 0.25) is 11.7 Å². The number of hydrogen-bond acceptors (Lipinski definition) is 7. The summed E-state index contributed by atoms with van der Waals surface area (Å²) in [6.07, 6.45) is 3.20. The Morgan fingerprint density at radius 3 is 2.62 bits per heavy atom. The quantitative estimate of drug-likeness (QED) is 0.686. The highest BCUT2D eigenvalue weighted by atomic mass is 16.5. The van der Waals surface area contributed by atoms with E-state index in [1.165, 1.54) is 7.11 Å². The number of aryl methyl sites for hydroxylation is 3. The van der Waals surface area contributed by atoms with Gasteiger partial charge in [-0.25, -0.2) is 4.79 Å². The van der Waals surface area contributed by atoms with Crippen LogP contribution in [0.1, 0.15) is 60.2 Å². The van der Waals surface area contributed by atoms with Gasteiger partial charge < -0.3 is 14.0 Å². The van der Waals surface area contributed by atoms with E-state index < -0.39 is 5.97 Å². The highest BCUT2D eigenvalue weighted by molar-refractivity contribution is 5.93. The Labute approximate surface area is 141 Å². The van der Waals surface area contributed by atoms with Crippen molar-refractivity contribution in [1.82, 2.24) is 15.1 Å². The molecule has 7 heteroatoms. The minimum absolute atomic E-state index is 0.117. The number of rotatable bonds is 8. The number of hydrogen-bond donors (Lipinski definition) is 0. The van der Waals surface area contributed by atoms with E-state index in [0.717, 1.165) is 25.0 Å². The predicted molar refractivity (Wildman–Crippen MR) is 86.9 cm³/mol. The molecule has 0 radical (unpaired) electrons. The van der Waals surface area contributed by atoms with Gasteiger partial charge >= 0.3 is 5.97 Å². The van der Waals surface area contributed by atoms with Gasteiger partial charge in [0.25, 0.3) is 0 Å². The zero-order valence-electron chi connectivity index (χ0n) is 14.6. The first-order chi connectivity index (χ1) is 11.6. The van der Waals surface area contributed by atoms with Gasteiger partial charge in [-0.05, 0) is 19.8 Å². The molecule has 2 aromatic rings. The lowest BCUT2D eigenvalue weighted by Gasteiger charge is -2.13. The Kier molecular flexibility index (Phi) is 6.28. The SMILES string of the molecule is CCCc1nc(COc2cc(C)nc(CCC)c2C(=O)OC)no1. The minimum Gasteiger partial charge on any atom is -0.484 e. The van der Waals surface area contributed by atoms with Crippen molar-refractivity contribution in [1.29, 1.82) is 0 Å². The van der Waals surface area contributed by atoms with Crippen molar-refractivity contribution >= 4 is 5.97 Å². The summed E-state index contributed by atoms with van der Waals surface area (Å²) in [5.74, 6) is 1.00. The highest BCUT2D eigenvalue weighted by Gasteiger charge is 2.21. The van der Waals surface area contributed by atoms with Crippen molar-refractivity contribution in [2.75, 3.05) is 7.11 Å². The normalized spacial score (nSPS) is 10.7. The van der Waals surface area contributed by atoms with Gasteiger partial charge in [0.1, 0.15) is 11.3 Å². The number of carbonyl (C=O) groups excluding carboxylic acids is 1. The predicted octanol–water partition coefficient (Wildman–Crippen LogP) is 3.04. The van der Waals surface area contributed by atoms with Crippen LogP contribution in [0.4, 0.5) is 0 Å². The second-order valence-electron chi connectivity index (χ2n) is 5.47. The van der Waals surface area contributed by atoms with Gasteiger partial charge in [-0.2, -0.15) is 4.98 Å². The van der Waals surface area contributed by atoms with Crippen molar-refractivity contribution in [3.63, 3.8) is 0 Å². The van der Waals surface area contributed by atoms with Gasteiger partial charge in [-0.3, -0.25) is 4.98 Å². The van der Waals surface area contributed by atoms with E-state index in [1.807, 2.05) is 20.8 Å². The molecule has 0 aromatic carbocycles. The second kappa shape index (κ2) is 8.42. The molecular formula is C17H23N3O4. The molecule has 0 atom stereocenters. The summed E-state index contributed by atoms with van der Waals surface area (Å²) in [5, 5.41) is 3.88. The number of aromatic nitrogens is 3. The van der Waals surface area contributed by atoms with E-state index >= 15 is 0 Å². The van der Waals surface area contributed by atoms with Gasteiger partial charge in [0.05, 0.1) is 12.8 Å². The lowest BCUT2D eigenvalue weighted by atomic mass is 10.1. The molecule has 2 heterocycles. The van der Waals surface area contributed by atoms with Crippen molar-refractivity contribution in [2.45, 2.75) is 53.1 Å². The Bertz CT molecular complexity index is 697. The monoisotopic (exact) mass is 333 g/mol. The van der Waals surface area contributed by atoms with E-state index in [0.29, 0.717) is 35.1 Å². The number of esters is 1. The van der Waals surface area contributed by atoms with E-state index in [4.69, 9.17) is 14.0 Å². The molecule has 0 spiro atoms. The summed E-state index contributed by atoms with van der Waals surface area (Å²) in [6.45, 7) is 6.05. The molecule has 7 nitrogen and oxygen atoms in total. The topological polar surface area (TPSA) is 87.3 Å². The molecule has 0 aliphatic carbocycles. The first kappa shape index (κ1) is 17.9. The molecule has 24 heavy (non-hydrogen) atoms. The Morgan fingerprint density at radius 2 is 1.96 bits per heavy atom. The smallest absolute Gasteiger partial charge is 0.343 e. The fourth-order valence-electron chi connectivity index (χ4n) is 2.36. The molecule has 0 unspecified atom stereocenters. The van der Waals surface area contributed by atoms with Crippen LogP contribution >= 0.6 is 0 Å². The molecule has 2 aromatic heterocycles. The van der Waals surface area contributed by atoms with Crippen LogP contribution < -0.4 is 4.74 Å². The summed E-state index contributed by atoms with van der Waals surface area (Å²) in [5.41, 5.74) is 1.82. The molecule has 130 valence electrons. The van der Waals surface area contributed by atoms with E-state index in [-0.39, 0.29) is 6.61 Å². The number of carbonyl (C=O) groups is 1. The zero-order valence-corrected chi connectivity index (χ0v) is 14.6. The van der Waals surface area contributed by atoms with Crippen LogP contribution in [0.25, 0.3) is 0 Å². The molecule has 0 fully saturated rings. The van der Waals surface area contributed by atoms with Crippen LogP contribution in [-0.4, -0.2) is 28.2 Å². The number of methoxy groups -OCH3 is 1. The highest BCUT2D eigenvalue weighted by Crippen LogP contribution is 2.25. The largest absolute Gasteiger partial charge is 0.484 e. The van der Waals surface area contributed by atoms with Gasteiger partial charge in [0.15, 0.2) is 6.61 Å². The van der Waals surface area contributed by atoms with Gasteiger partial charge in [0, 0.05) is 18.2 Å². The average Bonchev–Trinajstić information content (AvgIpc) is 3.00. The molecule has 0 saturated carbocycles. The first-order valence-corrected chi connectivity index (χ1v) is 8.12. The molecule has 0 aliphatic rings. The molecule has 2 rings (SSSR count). The van der Waals surface area contributed by atoms with Crippen LogP contribution in [0.2, 0.25) is 0 Å². The standard InChI is InChI=1S/C17H23N3O4/c1-5-7-12-16(17(21)22-4)13(9-11(3)18-12)23-10-14-19-15(8-6-2)24-20-14/h9H,5-8,10H2,1-4H3. The van der Waals surface area contributed by atoms with Crippen molar-refractivity contribution < 1.29 is 18.8 Å². The lowest BCUT2D eigenvalue weighted by Crippen LogP contribution is -2.12. The molecule has 0 saturated heterocycles. The third-order valence-electron chi connectivity index (χ3n) is 3.39. The fourth-order valence-corrected chi connectivity index (χ4v) is 2.36. The van der Waals surface area contributed by atoms with Crippen LogP contribution in [0.15, 0.2) is 10.6 Å². The van der Waals surface area contributed by atoms with E-state index in [2.05, 4.69) is 15.1 Å². The average molecular weight is 333 g/mol. The number of nitrogens with zero attached hydrogens (tertiary/aromatic N) is 3. The maximum absolute atomic E-state index is 12.1. The summed E-state index contributed by atoms with van der Waals surface area (Å²) < 4.78 is 15.8. The minimum atomic E-state index is -0.458. The zero-order chi connectivity index (χ0) is 17.5. The van der Waals surface area contributed by atoms with E-state index in [1.54, 1.807) is 6.07 Å². The second-order valence-corrected chi connectivity index (χ2v) is 5.47. The summed E-state index contributed by atoms with van der Waals surface area (Å²) in [7, 11) is 1.35. The lowest BCUT2D eigenvalue weighted by molar-refractivity contribution is 0.0593. The van der Waals surface area contributed by atoms with Crippen LogP contribution in [-0.2, 0) is 24.2 Å². The Hall–Kier alpha value is -2.44. The number of pyridine rings is 1. The van der Waals surface area contributed by atoms with Crippen molar-refractivity contribution in [3.05, 3.63) is 34.7 Å². The van der Waals surface area contributed by atoms with E-state index in [9.17, 15) is 4.79 Å². The maximum Gasteiger partial charge on any atom is 0.343 e. The summed E-state index contributed by atoms with van der Waals surface area (Å²) in [6, 6.07) is 1.72. The van der Waals surface area contributed by atoms with Crippen molar-refractivity contribution in [2.24, 2.45) is 0 Å². The third kappa shape index (κ3) is 4.31. The van der Waals surface area contributed by atoms with Crippen LogP contribution in [0.3, 0.4) is 0 Å². The van der Waals surface area contributed by atoms with Gasteiger partial charge in [-0.1, -0.05) is 25.4 Å². The van der Waals surface area contributed by atoms with Crippen molar-refractivity contribution in [3.8, 4) is 5.75 Å². The molecule has 0 N–H and O–H groups in total. The molecular weight excluding hydrogens is 310 g/mol. The van der Waals surface area contributed by atoms with Gasteiger partial charge in [-0.15, -0.1) is 0 Å².